The van der Waals surface area contributed by atoms with Gasteiger partial charge in [-0.05, 0) is 179 Å². The lowest BCUT2D eigenvalue weighted by atomic mass is 9.90. The molecule has 0 fully saturated rings. The minimum absolute atomic E-state index is 0.597. The second-order valence-corrected chi connectivity index (χ2v) is 28.1. The first-order chi connectivity index (χ1) is 56.6. The Kier molecular flexibility index (Phi) is 17.7. The molecule has 0 saturated heterocycles. The summed E-state index contributed by atoms with van der Waals surface area (Å²) < 4.78 is 0. The number of fused-ring (bicyclic) bond motifs is 18. The van der Waals surface area contributed by atoms with E-state index in [1.165, 1.54) is 103 Å². The van der Waals surface area contributed by atoms with Crippen LogP contribution in [-0.4, -0.2) is 49.8 Å². The molecule has 0 N–H and O–H groups in total. The second kappa shape index (κ2) is 29.8. The molecule has 0 atom stereocenters. The maximum atomic E-state index is 4.97. The summed E-state index contributed by atoms with van der Waals surface area (Å²) in [5.74, 6) is 3.89. The van der Waals surface area contributed by atoms with E-state index in [1.54, 1.807) is 31.1 Å². The lowest BCUT2D eigenvalue weighted by molar-refractivity contribution is 1.07. The lowest BCUT2D eigenvalue weighted by Gasteiger charge is -2.14. The van der Waals surface area contributed by atoms with Crippen molar-refractivity contribution in [2.24, 2.45) is 0 Å². The number of rotatable bonds is 10. The third-order valence-corrected chi connectivity index (χ3v) is 21.5. The molecule has 0 amide bonds. The van der Waals surface area contributed by atoms with Gasteiger partial charge < -0.3 is 0 Å². The topological polar surface area (TPSA) is 129 Å². The van der Waals surface area contributed by atoms with Crippen molar-refractivity contribution < 1.29 is 0 Å². The number of hydrogen-bond donors (Lipinski definition) is 0. The van der Waals surface area contributed by atoms with Crippen molar-refractivity contribution in [3.05, 3.63) is 401 Å². The molecule has 0 spiro atoms. The van der Waals surface area contributed by atoms with Crippen molar-refractivity contribution in [3.8, 4) is 113 Å². The van der Waals surface area contributed by atoms with Gasteiger partial charge in [-0.2, -0.15) is 0 Å². The molecule has 5 heterocycles. The Morgan fingerprint density at radius 2 is 0.404 bits per heavy atom. The van der Waals surface area contributed by atoms with Gasteiger partial charge in [-0.1, -0.05) is 315 Å². The minimum atomic E-state index is 0.597. The summed E-state index contributed by atoms with van der Waals surface area (Å²) in [5, 5.41) is 22.8. The van der Waals surface area contributed by atoms with Crippen molar-refractivity contribution in [1.82, 2.24) is 49.8 Å². The van der Waals surface area contributed by atoms with Crippen LogP contribution in [0.3, 0.4) is 0 Å². The summed E-state index contributed by atoms with van der Waals surface area (Å²) in [4.78, 5) is 46.4. The van der Waals surface area contributed by atoms with Crippen LogP contribution in [0.1, 0.15) is 0 Å². The third kappa shape index (κ3) is 12.8. The quantitative estimate of drug-likeness (QED) is 0.122. The van der Waals surface area contributed by atoms with Crippen molar-refractivity contribution >= 4 is 97.0 Å². The number of pyridine rings is 2. The Labute approximate surface area is 656 Å². The normalized spacial score (nSPS) is 11.3. The average Bonchev–Trinajstić information content (AvgIpc) is 0.749. The van der Waals surface area contributed by atoms with E-state index >= 15 is 0 Å². The maximum absolute atomic E-state index is 4.97. The van der Waals surface area contributed by atoms with E-state index in [4.69, 9.17) is 24.9 Å². The molecule has 17 aromatic carbocycles. The van der Waals surface area contributed by atoms with Crippen LogP contribution < -0.4 is 0 Å². The molecule has 0 unspecified atom stereocenters. The lowest BCUT2D eigenvalue weighted by Crippen LogP contribution is -2.01. The average molecular weight is 1460 g/mol. The molecule has 22 rings (SSSR count). The van der Waals surface area contributed by atoms with Gasteiger partial charge in [0.1, 0.15) is 6.33 Å². The van der Waals surface area contributed by atoms with Crippen LogP contribution in [0.2, 0.25) is 0 Å². The van der Waals surface area contributed by atoms with Gasteiger partial charge in [0.15, 0.2) is 34.9 Å². The fourth-order valence-electron chi connectivity index (χ4n) is 16.2. The molecular formula is C104H66N10. The number of benzene rings is 17. The van der Waals surface area contributed by atoms with Crippen molar-refractivity contribution in [3.63, 3.8) is 0 Å². The number of nitrogens with zero attached hydrogens (tertiary/aromatic N) is 10. The highest BCUT2D eigenvalue weighted by molar-refractivity contribution is 6.28. The summed E-state index contributed by atoms with van der Waals surface area (Å²) in [7, 11) is 0. The largest absolute Gasteiger partial charge is 0.265 e. The third-order valence-electron chi connectivity index (χ3n) is 21.5. The summed E-state index contributed by atoms with van der Waals surface area (Å²) in [6.45, 7) is 0. The molecule has 0 aliphatic rings. The van der Waals surface area contributed by atoms with Crippen molar-refractivity contribution in [1.29, 1.82) is 0 Å². The van der Waals surface area contributed by atoms with Gasteiger partial charge in [-0.3, -0.25) is 9.97 Å². The van der Waals surface area contributed by atoms with Crippen molar-refractivity contribution in [2.45, 2.75) is 0 Å². The minimum Gasteiger partial charge on any atom is -0.265 e. The van der Waals surface area contributed by atoms with Crippen LogP contribution in [0.4, 0.5) is 0 Å². The smallest absolute Gasteiger partial charge is 0.164 e. The molecule has 0 saturated carbocycles. The molecule has 0 radical (unpaired) electrons. The van der Waals surface area contributed by atoms with Gasteiger partial charge in [0, 0.05) is 69.9 Å². The Hall–Kier alpha value is -15.5. The molecule has 0 aliphatic heterocycles. The second-order valence-electron chi connectivity index (χ2n) is 28.1. The van der Waals surface area contributed by atoms with Gasteiger partial charge in [0.2, 0.25) is 0 Å². The van der Waals surface area contributed by atoms with Crippen LogP contribution in [0.5, 0.6) is 0 Å². The molecule has 5 aromatic heterocycles. The Morgan fingerprint density at radius 1 is 0.140 bits per heavy atom. The maximum Gasteiger partial charge on any atom is 0.164 e. The molecule has 10 heteroatoms. The van der Waals surface area contributed by atoms with E-state index < -0.39 is 0 Å². The van der Waals surface area contributed by atoms with Gasteiger partial charge in [-0.25, -0.2) is 39.9 Å². The van der Waals surface area contributed by atoms with Gasteiger partial charge in [-0.15, -0.1) is 0 Å². The van der Waals surface area contributed by atoms with E-state index in [0.29, 0.717) is 29.1 Å². The molecule has 22 aromatic rings. The van der Waals surface area contributed by atoms with Crippen molar-refractivity contribution in [2.75, 3.05) is 0 Å². The molecule has 10 nitrogen and oxygen atoms in total. The zero-order valence-electron chi connectivity index (χ0n) is 61.6. The summed E-state index contributed by atoms with van der Waals surface area (Å²) >= 11 is 0. The number of aromatic nitrogens is 10. The molecular weight excluding hydrogens is 1390 g/mol. The van der Waals surface area contributed by atoms with Crippen LogP contribution in [0.15, 0.2) is 401 Å². The molecule has 0 bridgehead atoms. The Bertz CT molecular complexity index is 6980. The van der Waals surface area contributed by atoms with E-state index in [0.717, 1.165) is 78.3 Å². The monoisotopic (exact) mass is 1450 g/mol. The first-order valence-corrected chi connectivity index (χ1v) is 38.1. The van der Waals surface area contributed by atoms with E-state index in [9.17, 15) is 0 Å². The fraction of sp³-hybridized carbons (Fsp3) is 0. The van der Waals surface area contributed by atoms with Gasteiger partial charge in [0.25, 0.3) is 0 Å². The summed E-state index contributed by atoms with van der Waals surface area (Å²) in [5.41, 5.74) is 14.4. The predicted molar refractivity (Wildman–Crippen MR) is 469 cm³/mol. The van der Waals surface area contributed by atoms with E-state index in [-0.39, 0.29) is 0 Å². The Balaban J connectivity index is 0.000000111. The van der Waals surface area contributed by atoms with Crippen LogP contribution in [-0.2, 0) is 0 Å². The highest BCUT2D eigenvalue weighted by atomic mass is 15.0. The fourth-order valence-corrected chi connectivity index (χ4v) is 16.2. The van der Waals surface area contributed by atoms with Crippen LogP contribution in [0.25, 0.3) is 210 Å². The van der Waals surface area contributed by atoms with Crippen LogP contribution >= 0.6 is 0 Å². The van der Waals surface area contributed by atoms with Gasteiger partial charge >= 0.3 is 0 Å². The van der Waals surface area contributed by atoms with E-state index in [2.05, 4.69) is 286 Å². The van der Waals surface area contributed by atoms with E-state index in [1.807, 2.05) is 109 Å². The standard InChI is InChI=1S/C37H23N5.C34H22N2.C33H21N3/c1-6-12-33(37-41-35(24-15-19-38-20-16-24)40-36(42-37)25-17-21-39-22-18-25)27(7-1)26-13-14-32-30-10-3-2-8-28(30)29-9-4-5-11-31(29)34(32)23-26;1-2-10-23(11-3-1)34-35-21-20-33(36-34)31-17-9-4-12-25(31)24-18-19-30-28-15-6-5-13-26(28)27-14-7-8-16-29(27)32(30)22-24;1-2-10-22(11-3-1)32-34-21-35-33(36-32)30-17-9-4-12-24(30)23-18-19-29-27-15-6-5-13-25(27)26-14-7-8-16-28(26)31(29)20-23/h1-23H;1-22H;1-21H. The predicted octanol–water partition coefficient (Wildman–Crippen LogP) is 26.1. The first-order valence-electron chi connectivity index (χ1n) is 38.1. The molecule has 114 heavy (non-hydrogen) atoms. The van der Waals surface area contributed by atoms with Crippen LogP contribution in [0, 0.1) is 0 Å². The van der Waals surface area contributed by atoms with Gasteiger partial charge in [0.05, 0.1) is 5.69 Å². The molecule has 0 aliphatic carbocycles. The highest BCUT2D eigenvalue weighted by Crippen LogP contribution is 2.44. The Morgan fingerprint density at radius 3 is 0.781 bits per heavy atom. The zero-order valence-corrected chi connectivity index (χ0v) is 61.6. The molecule has 532 valence electrons. The highest BCUT2D eigenvalue weighted by Gasteiger charge is 2.21. The summed E-state index contributed by atoms with van der Waals surface area (Å²) in [6, 6.07) is 127. The summed E-state index contributed by atoms with van der Waals surface area (Å²) in [6.07, 6.45) is 10.5. The SMILES string of the molecule is c1ccc(-c2nc(-c3ccncc3)nc(-c3ccncc3)n2)c(-c2ccc3c4ccccc4c4ccccc4c3c2)c1.c1ccc(-c2nccc(-c3ccccc3-c3ccc4c5ccccc5c5ccccc5c4c3)n2)cc1.c1ccc(-c2ncnc(-c3ccccc3-c3ccc4c5ccccc5c5ccccc5c4c3)n2)cc1. The number of hydrogen-bond acceptors (Lipinski definition) is 10. The zero-order chi connectivity index (χ0) is 75.7. The first kappa shape index (κ1) is 67.8.